The monoisotopic (exact) mass is 356 g/mol. The van der Waals surface area contributed by atoms with Crippen molar-refractivity contribution >= 4 is 40.0 Å². The van der Waals surface area contributed by atoms with Gasteiger partial charge < -0.3 is 10.2 Å². The molecule has 4 rings (SSSR count). The fourth-order valence-corrected chi connectivity index (χ4v) is 3.27. The summed E-state index contributed by atoms with van der Waals surface area (Å²) in [6.45, 7) is 2.06. The van der Waals surface area contributed by atoms with Crippen LogP contribution in [0, 0.1) is 0 Å². The molecule has 1 aliphatic heterocycles. The Morgan fingerprint density at radius 1 is 1.24 bits per heavy atom. The van der Waals surface area contributed by atoms with Gasteiger partial charge in [-0.05, 0) is 31.0 Å². The molecule has 0 unspecified atom stereocenters. The van der Waals surface area contributed by atoms with E-state index in [-0.39, 0.29) is 12.5 Å². The number of aromatic nitrogens is 4. The van der Waals surface area contributed by atoms with Crippen LogP contribution in [0.15, 0.2) is 36.8 Å². The second-order valence-corrected chi connectivity index (χ2v) is 6.43. The molecular formula is C17H17ClN6O. The number of amides is 1. The minimum absolute atomic E-state index is 0.0759. The molecule has 1 aliphatic rings. The molecular weight excluding hydrogens is 340 g/mol. The van der Waals surface area contributed by atoms with Crippen molar-refractivity contribution in [2.24, 2.45) is 0 Å². The summed E-state index contributed by atoms with van der Waals surface area (Å²) in [7, 11) is 0. The molecule has 3 heterocycles. The van der Waals surface area contributed by atoms with Crippen LogP contribution in [0.25, 0.3) is 11.0 Å². The van der Waals surface area contributed by atoms with Crippen LogP contribution in [-0.4, -0.2) is 38.7 Å². The molecule has 1 amide bonds. The lowest BCUT2D eigenvalue weighted by molar-refractivity contribution is -0.116. The zero-order valence-electron chi connectivity index (χ0n) is 13.5. The predicted octanol–water partition coefficient (Wildman–Crippen LogP) is 2.72. The smallest absolute Gasteiger partial charge is 0.246 e. The molecule has 0 aliphatic carbocycles. The lowest BCUT2D eigenvalue weighted by Gasteiger charge is -2.16. The maximum Gasteiger partial charge on any atom is 0.246 e. The molecule has 1 aromatic carbocycles. The molecule has 0 saturated carbocycles. The van der Waals surface area contributed by atoms with Gasteiger partial charge in [0.25, 0.3) is 0 Å². The van der Waals surface area contributed by atoms with Gasteiger partial charge in [-0.1, -0.05) is 17.7 Å². The van der Waals surface area contributed by atoms with Gasteiger partial charge in [-0.25, -0.2) is 14.6 Å². The summed E-state index contributed by atoms with van der Waals surface area (Å²) in [6.07, 6.45) is 5.60. The van der Waals surface area contributed by atoms with E-state index < -0.39 is 0 Å². The van der Waals surface area contributed by atoms with E-state index in [2.05, 4.69) is 25.3 Å². The quantitative estimate of drug-likeness (QED) is 0.777. The Balaban J connectivity index is 1.55. The topological polar surface area (TPSA) is 75.9 Å². The normalized spacial score (nSPS) is 14.2. The summed E-state index contributed by atoms with van der Waals surface area (Å²) in [5.74, 6) is 0.706. The lowest BCUT2D eigenvalue weighted by atomic mass is 10.3. The summed E-state index contributed by atoms with van der Waals surface area (Å²) in [4.78, 5) is 23.3. The molecule has 1 fully saturated rings. The van der Waals surface area contributed by atoms with Crippen molar-refractivity contribution in [3.63, 3.8) is 0 Å². The Kier molecular flexibility index (Phi) is 4.23. The number of halogens is 1. The maximum absolute atomic E-state index is 12.3. The third-order valence-corrected chi connectivity index (χ3v) is 4.45. The zero-order chi connectivity index (χ0) is 17.2. The van der Waals surface area contributed by atoms with E-state index in [0.29, 0.717) is 16.4 Å². The number of benzene rings is 1. The van der Waals surface area contributed by atoms with Crippen molar-refractivity contribution in [1.29, 1.82) is 0 Å². The molecule has 7 nitrogen and oxygen atoms in total. The Morgan fingerprint density at radius 2 is 2.08 bits per heavy atom. The van der Waals surface area contributed by atoms with Crippen molar-refractivity contribution in [2.45, 2.75) is 19.4 Å². The van der Waals surface area contributed by atoms with E-state index in [1.165, 1.54) is 19.2 Å². The molecule has 8 heteroatoms. The Bertz CT molecular complexity index is 918. The Labute approximate surface area is 149 Å². The van der Waals surface area contributed by atoms with Crippen LogP contribution in [0.4, 0.5) is 11.5 Å². The highest BCUT2D eigenvalue weighted by Gasteiger charge is 2.19. The van der Waals surface area contributed by atoms with E-state index >= 15 is 0 Å². The zero-order valence-corrected chi connectivity index (χ0v) is 14.3. The first-order valence-corrected chi connectivity index (χ1v) is 8.55. The van der Waals surface area contributed by atoms with Crippen LogP contribution in [0.5, 0.6) is 0 Å². The van der Waals surface area contributed by atoms with Crippen LogP contribution >= 0.6 is 11.6 Å². The standard InChI is InChI=1S/C17H17ClN6O/c18-12-4-3-5-13(8-12)22-15(25)10-24-17-14(9-21-24)16(19-11-20-17)23-6-1-2-7-23/h3-5,8-9,11H,1-2,6-7,10H2,(H,22,25). The van der Waals surface area contributed by atoms with Crippen molar-refractivity contribution in [2.75, 3.05) is 23.3 Å². The number of carbonyl (C=O) groups excluding carboxylic acids is 1. The first-order valence-electron chi connectivity index (χ1n) is 8.17. The third kappa shape index (κ3) is 3.28. The van der Waals surface area contributed by atoms with Gasteiger partial charge in [-0.3, -0.25) is 4.79 Å². The summed E-state index contributed by atoms with van der Waals surface area (Å²) in [6, 6.07) is 7.04. The summed E-state index contributed by atoms with van der Waals surface area (Å²) >= 11 is 5.94. The van der Waals surface area contributed by atoms with Gasteiger partial charge in [0.05, 0.1) is 11.6 Å². The van der Waals surface area contributed by atoms with Crippen molar-refractivity contribution < 1.29 is 4.79 Å². The molecule has 0 bridgehead atoms. The number of fused-ring (bicyclic) bond motifs is 1. The van der Waals surface area contributed by atoms with Gasteiger partial charge >= 0.3 is 0 Å². The summed E-state index contributed by atoms with van der Waals surface area (Å²) < 4.78 is 1.59. The van der Waals surface area contributed by atoms with Crippen molar-refractivity contribution in [1.82, 2.24) is 19.7 Å². The fraction of sp³-hybridized carbons (Fsp3) is 0.294. The number of carbonyl (C=O) groups is 1. The number of nitrogens with one attached hydrogen (secondary N) is 1. The average Bonchev–Trinajstić information content (AvgIpc) is 3.25. The Hall–Kier alpha value is -2.67. The van der Waals surface area contributed by atoms with E-state index in [1.807, 2.05) is 0 Å². The number of rotatable bonds is 4. The summed E-state index contributed by atoms with van der Waals surface area (Å²) in [5.41, 5.74) is 1.32. The van der Waals surface area contributed by atoms with Crippen LogP contribution in [0.3, 0.4) is 0 Å². The van der Waals surface area contributed by atoms with Gasteiger partial charge in [0.15, 0.2) is 5.65 Å². The first-order chi connectivity index (χ1) is 12.2. The number of nitrogens with zero attached hydrogens (tertiary/aromatic N) is 5. The van der Waals surface area contributed by atoms with Gasteiger partial charge in [-0.2, -0.15) is 5.10 Å². The first kappa shape index (κ1) is 15.8. The molecule has 0 spiro atoms. The molecule has 1 N–H and O–H groups in total. The van der Waals surface area contributed by atoms with E-state index in [1.54, 1.807) is 35.1 Å². The highest BCUT2D eigenvalue weighted by Crippen LogP contribution is 2.25. The molecule has 2 aromatic heterocycles. The van der Waals surface area contributed by atoms with Crippen LogP contribution in [0.1, 0.15) is 12.8 Å². The highest BCUT2D eigenvalue weighted by molar-refractivity contribution is 6.30. The third-order valence-electron chi connectivity index (χ3n) is 4.22. The van der Waals surface area contributed by atoms with Gasteiger partial charge in [0.1, 0.15) is 18.7 Å². The number of hydrogen-bond donors (Lipinski definition) is 1. The van der Waals surface area contributed by atoms with Gasteiger partial charge in [0, 0.05) is 23.8 Å². The molecule has 25 heavy (non-hydrogen) atoms. The van der Waals surface area contributed by atoms with Gasteiger partial charge in [0.2, 0.25) is 5.91 Å². The molecule has 0 radical (unpaired) electrons. The molecule has 0 atom stereocenters. The van der Waals surface area contributed by atoms with Crippen LogP contribution < -0.4 is 10.2 Å². The van der Waals surface area contributed by atoms with E-state index in [9.17, 15) is 4.79 Å². The van der Waals surface area contributed by atoms with Crippen LogP contribution in [-0.2, 0) is 11.3 Å². The molecule has 1 saturated heterocycles. The van der Waals surface area contributed by atoms with Crippen molar-refractivity contribution in [3.05, 3.63) is 41.8 Å². The highest BCUT2D eigenvalue weighted by atomic mass is 35.5. The predicted molar refractivity (Wildman–Crippen MR) is 96.9 cm³/mol. The second-order valence-electron chi connectivity index (χ2n) is 5.99. The largest absolute Gasteiger partial charge is 0.356 e. The molecule has 3 aromatic rings. The molecule has 128 valence electrons. The van der Waals surface area contributed by atoms with Gasteiger partial charge in [-0.15, -0.1) is 0 Å². The lowest BCUT2D eigenvalue weighted by Crippen LogP contribution is -2.20. The number of hydrogen-bond acceptors (Lipinski definition) is 5. The van der Waals surface area contributed by atoms with E-state index in [4.69, 9.17) is 11.6 Å². The number of anilines is 2. The van der Waals surface area contributed by atoms with E-state index in [0.717, 1.165) is 24.3 Å². The maximum atomic E-state index is 12.3. The SMILES string of the molecule is O=C(Cn1ncc2c(N3CCCC3)ncnc21)Nc1cccc(Cl)c1. The second kappa shape index (κ2) is 6.68. The summed E-state index contributed by atoms with van der Waals surface area (Å²) in [5, 5.41) is 8.59. The fourth-order valence-electron chi connectivity index (χ4n) is 3.08. The van der Waals surface area contributed by atoms with Crippen molar-refractivity contribution in [3.8, 4) is 0 Å². The minimum Gasteiger partial charge on any atom is -0.356 e. The Morgan fingerprint density at radius 3 is 2.88 bits per heavy atom. The minimum atomic E-state index is -0.186. The van der Waals surface area contributed by atoms with Crippen LogP contribution in [0.2, 0.25) is 5.02 Å². The average molecular weight is 357 g/mol.